The average Bonchev–Trinajstić information content (AvgIpc) is 3.36. The van der Waals surface area contributed by atoms with Crippen molar-refractivity contribution in [2.45, 2.75) is 346 Å². The molecular weight excluding hydrogens is 920 g/mol. The molecule has 13 heteroatoms. The summed E-state index contributed by atoms with van der Waals surface area (Å²) in [6.45, 7) is 4.35. The molecule has 6 N–H and O–H groups in total. The average molecular weight is 1040 g/mol. The summed E-state index contributed by atoms with van der Waals surface area (Å²) in [6.07, 6.45) is 44.7. The molecule has 0 saturated heterocycles. The summed E-state index contributed by atoms with van der Waals surface area (Å²) < 4.78 is 34.5. The monoisotopic (exact) mass is 1030 g/mol. The van der Waals surface area contributed by atoms with Crippen LogP contribution in [-0.2, 0) is 27.9 Å². The number of aliphatic hydroxyl groups is 5. The molecule has 0 aliphatic heterocycles. The Balaban J connectivity index is 2.23. The zero-order chi connectivity index (χ0) is 51.9. The fourth-order valence-electron chi connectivity index (χ4n) is 9.95. The number of rotatable bonds is 54. The number of phosphoric acid groups is 1. The minimum atomic E-state index is -5.02. The zero-order valence-corrected chi connectivity index (χ0v) is 47.0. The first-order chi connectivity index (χ1) is 34.5. The van der Waals surface area contributed by atoms with Crippen molar-refractivity contribution in [1.29, 1.82) is 0 Å². The fourth-order valence-corrected chi connectivity index (χ4v) is 10.9. The van der Waals surface area contributed by atoms with E-state index in [9.17, 15) is 39.8 Å². The van der Waals surface area contributed by atoms with Crippen molar-refractivity contribution in [3.8, 4) is 0 Å². The van der Waals surface area contributed by atoms with Gasteiger partial charge in [0.1, 0.15) is 42.7 Å². The van der Waals surface area contributed by atoms with Crippen molar-refractivity contribution in [2.75, 3.05) is 19.8 Å². The van der Waals surface area contributed by atoms with Gasteiger partial charge in [0, 0.05) is 13.0 Å². The summed E-state index contributed by atoms with van der Waals surface area (Å²) in [5, 5.41) is 50.5. The molecule has 0 aromatic rings. The Kier molecular flexibility index (Phi) is 47.1. The van der Waals surface area contributed by atoms with E-state index < -0.39 is 63.1 Å². The van der Waals surface area contributed by atoms with Gasteiger partial charge in [-0.25, -0.2) is 4.57 Å². The highest BCUT2D eigenvalue weighted by Gasteiger charge is 2.51. The summed E-state index contributed by atoms with van der Waals surface area (Å²) in [5.74, 6) is -0.466. The Hall–Kier alpha value is -0.660. The second kappa shape index (κ2) is 48.9. The van der Waals surface area contributed by atoms with Crippen molar-refractivity contribution in [3.05, 3.63) is 0 Å². The van der Waals surface area contributed by atoms with Gasteiger partial charge in [0.15, 0.2) is 0 Å². The minimum absolute atomic E-state index is 0.0668. The van der Waals surface area contributed by atoms with Crippen LogP contribution in [0.25, 0.3) is 0 Å². The quantitative estimate of drug-likeness (QED) is 0.0192. The highest BCUT2D eigenvalue weighted by atomic mass is 31.2. The van der Waals surface area contributed by atoms with E-state index in [0.717, 1.165) is 38.5 Å². The summed E-state index contributed by atoms with van der Waals surface area (Å²) in [6, 6.07) is 0. The summed E-state index contributed by atoms with van der Waals surface area (Å²) in [7, 11) is -5.02. The number of carbonyl (C=O) groups excluding carboxylic acids is 1. The molecule has 0 aromatic heterocycles. The van der Waals surface area contributed by atoms with Crippen LogP contribution in [0.3, 0.4) is 0 Å². The molecule has 1 fully saturated rings. The topological polar surface area (TPSA) is 192 Å². The number of carbonyl (C=O) groups is 1. The van der Waals surface area contributed by atoms with Crippen LogP contribution in [0.1, 0.15) is 303 Å². The van der Waals surface area contributed by atoms with Crippen molar-refractivity contribution < 1.29 is 58.3 Å². The zero-order valence-electron chi connectivity index (χ0n) is 46.1. The van der Waals surface area contributed by atoms with Crippen molar-refractivity contribution in [3.63, 3.8) is 0 Å². The van der Waals surface area contributed by atoms with Gasteiger partial charge in [0.25, 0.3) is 0 Å². The Bertz CT molecular complexity index is 1180. The molecule has 1 aliphatic rings. The molecule has 12 nitrogen and oxygen atoms in total. The lowest BCUT2D eigenvalue weighted by Gasteiger charge is -2.41. The SMILES string of the molecule is CCCCCCCCCCCCCCCCCCCCCCCCCCOCC(COP(=O)(O)OC1C(O)C(O)C(O)C(O)C1O)OC(=O)CCCCCCCCCCCCCCCCCCCCCC. The largest absolute Gasteiger partial charge is 0.472 e. The third kappa shape index (κ3) is 40.3. The van der Waals surface area contributed by atoms with Crippen molar-refractivity contribution >= 4 is 13.8 Å². The van der Waals surface area contributed by atoms with Gasteiger partial charge >= 0.3 is 13.8 Å². The first-order valence-electron chi connectivity index (χ1n) is 30.4. The van der Waals surface area contributed by atoms with Crippen LogP contribution < -0.4 is 0 Å². The van der Waals surface area contributed by atoms with Gasteiger partial charge in [0.05, 0.1) is 13.2 Å². The molecule has 0 radical (unpaired) electrons. The summed E-state index contributed by atoms with van der Waals surface area (Å²) in [5.41, 5.74) is 0. The van der Waals surface area contributed by atoms with Gasteiger partial charge in [-0.3, -0.25) is 13.8 Å². The van der Waals surface area contributed by atoms with E-state index in [1.165, 1.54) is 238 Å². The molecule has 1 aliphatic carbocycles. The normalized spacial score (nSPS) is 20.6. The Morgan fingerprint density at radius 1 is 0.394 bits per heavy atom. The van der Waals surface area contributed by atoms with Crippen LogP contribution in [0.2, 0.25) is 0 Å². The highest BCUT2D eigenvalue weighted by molar-refractivity contribution is 7.47. The van der Waals surface area contributed by atoms with E-state index in [1.54, 1.807) is 0 Å². The second-order valence-electron chi connectivity index (χ2n) is 21.6. The van der Waals surface area contributed by atoms with E-state index >= 15 is 0 Å². The smallest absolute Gasteiger partial charge is 0.457 e. The lowest BCUT2D eigenvalue weighted by Crippen LogP contribution is -2.64. The molecular formula is C58H115O12P. The number of esters is 1. The van der Waals surface area contributed by atoms with Crippen molar-refractivity contribution in [2.24, 2.45) is 0 Å². The minimum Gasteiger partial charge on any atom is -0.457 e. The van der Waals surface area contributed by atoms with Crippen molar-refractivity contribution in [1.82, 2.24) is 0 Å². The van der Waals surface area contributed by atoms with Gasteiger partial charge < -0.3 is 39.9 Å². The lowest BCUT2D eigenvalue weighted by molar-refractivity contribution is -0.220. The maximum Gasteiger partial charge on any atom is 0.472 e. The predicted molar refractivity (Wildman–Crippen MR) is 290 cm³/mol. The molecule has 6 unspecified atom stereocenters. The Morgan fingerprint density at radius 2 is 0.662 bits per heavy atom. The van der Waals surface area contributed by atoms with Gasteiger partial charge in [-0.05, 0) is 12.8 Å². The predicted octanol–water partition coefficient (Wildman–Crippen LogP) is 14.8. The third-order valence-corrected chi connectivity index (χ3v) is 15.7. The number of ether oxygens (including phenoxy) is 2. The Morgan fingerprint density at radius 3 is 0.972 bits per heavy atom. The number of hydrogen-bond acceptors (Lipinski definition) is 11. The summed E-state index contributed by atoms with van der Waals surface area (Å²) in [4.78, 5) is 23.3. The molecule has 0 aromatic carbocycles. The van der Waals surface area contributed by atoms with E-state index in [4.69, 9.17) is 18.5 Å². The first kappa shape index (κ1) is 68.4. The molecule has 1 rings (SSSR count). The second-order valence-corrected chi connectivity index (χ2v) is 23.0. The fraction of sp³-hybridized carbons (Fsp3) is 0.983. The molecule has 71 heavy (non-hydrogen) atoms. The molecule has 424 valence electrons. The van der Waals surface area contributed by atoms with E-state index in [-0.39, 0.29) is 13.0 Å². The molecule has 0 bridgehead atoms. The number of hydrogen-bond donors (Lipinski definition) is 6. The standard InChI is InChI=1S/C58H115O12P/c1-3-5-7-9-11-13-15-17-19-21-23-25-26-27-28-30-32-34-36-38-40-42-44-46-48-67-49-51(50-68-71(65,66)70-58-56(63)54(61)53(60)55(62)57(58)64)69-52(59)47-45-43-41-39-37-35-33-31-29-24-22-20-18-16-14-12-10-8-6-4-2/h51,53-58,60-64H,3-50H2,1-2H3,(H,65,66). The lowest BCUT2D eigenvalue weighted by atomic mass is 9.85. The van der Waals surface area contributed by atoms with Crippen LogP contribution >= 0.6 is 7.82 Å². The van der Waals surface area contributed by atoms with Crippen LogP contribution in [-0.4, -0.2) is 98.9 Å². The Labute approximate surface area is 435 Å². The molecule has 6 atom stereocenters. The third-order valence-electron chi connectivity index (χ3n) is 14.7. The van der Waals surface area contributed by atoms with Crippen LogP contribution in [0.5, 0.6) is 0 Å². The van der Waals surface area contributed by atoms with E-state index in [0.29, 0.717) is 13.0 Å². The van der Waals surface area contributed by atoms with E-state index in [2.05, 4.69) is 13.8 Å². The maximum absolute atomic E-state index is 12.9. The van der Waals surface area contributed by atoms with Crippen LogP contribution in [0.4, 0.5) is 0 Å². The van der Waals surface area contributed by atoms with Gasteiger partial charge in [0.2, 0.25) is 0 Å². The molecule has 0 amide bonds. The van der Waals surface area contributed by atoms with Crippen LogP contribution in [0, 0.1) is 0 Å². The van der Waals surface area contributed by atoms with Gasteiger partial charge in [-0.2, -0.15) is 0 Å². The number of phosphoric ester groups is 1. The van der Waals surface area contributed by atoms with Gasteiger partial charge in [-0.15, -0.1) is 0 Å². The molecule has 1 saturated carbocycles. The molecule has 0 heterocycles. The van der Waals surface area contributed by atoms with Gasteiger partial charge in [-0.1, -0.05) is 284 Å². The summed E-state index contributed by atoms with van der Waals surface area (Å²) >= 11 is 0. The first-order valence-corrected chi connectivity index (χ1v) is 31.9. The van der Waals surface area contributed by atoms with Crippen LogP contribution in [0.15, 0.2) is 0 Å². The number of unbranched alkanes of at least 4 members (excludes halogenated alkanes) is 42. The number of aliphatic hydroxyl groups excluding tert-OH is 5. The highest BCUT2D eigenvalue weighted by Crippen LogP contribution is 2.47. The maximum atomic E-state index is 12.9. The van der Waals surface area contributed by atoms with E-state index in [1.807, 2.05) is 0 Å². The molecule has 0 spiro atoms.